The minimum atomic E-state index is -0.526. The lowest BCUT2D eigenvalue weighted by molar-refractivity contribution is -0.120. The van der Waals surface area contributed by atoms with Crippen LogP contribution < -0.4 is 21.5 Å². The van der Waals surface area contributed by atoms with E-state index in [1.165, 1.54) is 0 Å². The van der Waals surface area contributed by atoms with Gasteiger partial charge in [-0.1, -0.05) is 12.8 Å². The number of nitrogens with one attached hydrogen (secondary N) is 1. The number of benzene rings is 1. The van der Waals surface area contributed by atoms with E-state index in [2.05, 4.69) is 5.32 Å². The van der Waals surface area contributed by atoms with Gasteiger partial charge in [0.25, 0.3) is 5.91 Å². The number of amides is 2. The summed E-state index contributed by atoms with van der Waals surface area (Å²) in [5, 5.41) is 2.81. The predicted molar refractivity (Wildman–Crippen MR) is 81.9 cm³/mol. The van der Waals surface area contributed by atoms with Crippen molar-refractivity contribution in [1.82, 2.24) is 0 Å². The summed E-state index contributed by atoms with van der Waals surface area (Å²) in [5.74, 6) is 0.00384. The van der Waals surface area contributed by atoms with Crippen LogP contribution in [-0.2, 0) is 9.59 Å². The third-order valence-electron chi connectivity index (χ3n) is 2.88. The molecule has 5 N–H and O–H groups in total. The van der Waals surface area contributed by atoms with Crippen molar-refractivity contribution < 1.29 is 14.3 Å². The SMILES string of the molecule is NCCCCCCC(=O)Nc1ccc(OCC(N)=O)cc1. The highest BCUT2D eigenvalue weighted by Crippen LogP contribution is 2.16. The van der Waals surface area contributed by atoms with Crippen LogP contribution in [0, 0.1) is 0 Å². The fourth-order valence-electron chi connectivity index (χ4n) is 1.80. The molecule has 0 atom stereocenters. The van der Waals surface area contributed by atoms with E-state index in [0.29, 0.717) is 24.4 Å². The van der Waals surface area contributed by atoms with Crippen molar-refractivity contribution in [2.45, 2.75) is 32.1 Å². The van der Waals surface area contributed by atoms with Gasteiger partial charge in [0.2, 0.25) is 5.91 Å². The van der Waals surface area contributed by atoms with Gasteiger partial charge in [0, 0.05) is 12.1 Å². The molecule has 1 rings (SSSR count). The van der Waals surface area contributed by atoms with E-state index < -0.39 is 5.91 Å². The van der Waals surface area contributed by atoms with E-state index in [-0.39, 0.29) is 12.5 Å². The van der Waals surface area contributed by atoms with Crippen LogP contribution in [0.4, 0.5) is 5.69 Å². The quantitative estimate of drug-likeness (QED) is 0.567. The molecule has 1 aromatic rings. The van der Waals surface area contributed by atoms with Crippen LogP contribution in [0.3, 0.4) is 0 Å². The van der Waals surface area contributed by atoms with Gasteiger partial charge in [-0.3, -0.25) is 9.59 Å². The minimum Gasteiger partial charge on any atom is -0.484 e. The number of ether oxygens (including phenoxy) is 1. The van der Waals surface area contributed by atoms with Crippen LogP contribution in [0.1, 0.15) is 32.1 Å². The van der Waals surface area contributed by atoms with Crippen molar-refractivity contribution >= 4 is 17.5 Å². The first-order valence-corrected chi connectivity index (χ1v) is 7.13. The summed E-state index contributed by atoms with van der Waals surface area (Å²) in [7, 11) is 0. The van der Waals surface area contributed by atoms with Crippen molar-refractivity contribution in [2.24, 2.45) is 11.5 Å². The third kappa shape index (κ3) is 7.94. The predicted octanol–water partition coefficient (Wildman–Crippen LogP) is 1.40. The van der Waals surface area contributed by atoms with Gasteiger partial charge in [-0.25, -0.2) is 0 Å². The molecular weight excluding hydrogens is 270 g/mol. The maximum absolute atomic E-state index is 11.7. The van der Waals surface area contributed by atoms with Crippen LogP contribution >= 0.6 is 0 Å². The van der Waals surface area contributed by atoms with E-state index >= 15 is 0 Å². The monoisotopic (exact) mass is 293 g/mol. The fourth-order valence-corrected chi connectivity index (χ4v) is 1.80. The van der Waals surface area contributed by atoms with Crippen molar-refractivity contribution in [3.63, 3.8) is 0 Å². The molecule has 6 nitrogen and oxygen atoms in total. The zero-order valence-electron chi connectivity index (χ0n) is 12.1. The molecule has 0 aliphatic heterocycles. The van der Waals surface area contributed by atoms with E-state index in [1.54, 1.807) is 24.3 Å². The molecule has 0 bridgehead atoms. The molecule has 0 aromatic heterocycles. The summed E-state index contributed by atoms with van der Waals surface area (Å²) in [6, 6.07) is 6.81. The first-order valence-electron chi connectivity index (χ1n) is 7.13. The molecular formula is C15H23N3O3. The van der Waals surface area contributed by atoms with E-state index in [1.807, 2.05) is 0 Å². The van der Waals surface area contributed by atoms with Crippen LogP contribution in [0.2, 0.25) is 0 Å². The second kappa shape index (κ2) is 9.77. The Bertz CT molecular complexity index is 446. The number of anilines is 1. The highest BCUT2D eigenvalue weighted by molar-refractivity contribution is 5.90. The number of carbonyl (C=O) groups excluding carboxylic acids is 2. The number of unbranched alkanes of at least 4 members (excludes halogenated alkanes) is 3. The summed E-state index contributed by atoms with van der Waals surface area (Å²) in [6.45, 7) is 0.547. The lowest BCUT2D eigenvalue weighted by Crippen LogP contribution is -2.20. The van der Waals surface area contributed by atoms with Gasteiger partial charge >= 0.3 is 0 Å². The Morgan fingerprint density at radius 1 is 1.05 bits per heavy atom. The maximum Gasteiger partial charge on any atom is 0.255 e. The second-order valence-corrected chi connectivity index (χ2v) is 4.78. The first kappa shape index (κ1) is 17.0. The van der Waals surface area contributed by atoms with E-state index in [9.17, 15) is 9.59 Å². The number of hydrogen-bond acceptors (Lipinski definition) is 4. The van der Waals surface area contributed by atoms with Gasteiger partial charge in [0.15, 0.2) is 6.61 Å². The Morgan fingerprint density at radius 3 is 2.33 bits per heavy atom. The Balaban J connectivity index is 2.27. The molecule has 0 heterocycles. The molecule has 0 fully saturated rings. The summed E-state index contributed by atoms with van der Waals surface area (Å²) < 4.78 is 5.13. The summed E-state index contributed by atoms with van der Waals surface area (Å²) in [4.78, 5) is 22.3. The van der Waals surface area contributed by atoms with Crippen LogP contribution in [-0.4, -0.2) is 25.0 Å². The average Bonchev–Trinajstić information content (AvgIpc) is 2.46. The zero-order valence-corrected chi connectivity index (χ0v) is 12.1. The lowest BCUT2D eigenvalue weighted by atomic mass is 10.1. The molecule has 0 saturated heterocycles. The number of nitrogens with two attached hydrogens (primary N) is 2. The second-order valence-electron chi connectivity index (χ2n) is 4.78. The van der Waals surface area contributed by atoms with Crippen molar-refractivity contribution in [3.05, 3.63) is 24.3 Å². The van der Waals surface area contributed by atoms with E-state index in [4.69, 9.17) is 16.2 Å². The summed E-state index contributed by atoms with van der Waals surface area (Å²) >= 11 is 0. The van der Waals surface area contributed by atoms with Crippen molar-refractivity contribution in [1.29, 1.82) is 0 Å². The molecule has 0 spiro atoms. The lowest BCUT2D eigenvalue weighted by Gasteiger charge is -2.07. The summed E-state index contributed by atoms with van der Waals surface area (Å²) in [6.07, 6.45) is 4.46. The van der Waals surface area contributed by atoms with E-state index in [0.717, 1.165) is 25.7 Å². The topological polar surface area (TPSA) is 107 Å². The molecule has 0 unspecified atom stereocenters. The molecule has 21 heavy (non-hydrogen) atoms. The number of hydrogen-bond donors (Lipinski definition) is 3. The molecule has 0 radical (unpaired) electrons. The van der Waals surface area contributed by atoms with Gasteiger partial charge in [0.1, 0.15) is 5.75 Å². The van der Waals surface area contributed by atoms with Crippen LogP contribution in [0.5, 0.6) is 5.75 Å². The molecule has 0 aliphatic carbocycles. The molecule has 0 aliphatic rings. The van der Waals surface area contributed by atoms with Crippen molar-refractivity contribution in [2.75, 3.05) is 18.5 Å². The normalized spacial score (nSPS) is 10.1. The van der Waals surface area contributed by atoms with Gasteiger partial charge < -0.3 is 21.5 Å². The van der Waals surface area contributed by atoms with Crippen molar-refractivity contribution in [3.8, 4) is 5.75 Å². The smallest absolute Gasteiger partial charge is 0.255 e. The minimum absolute atomic E-state index is 0.00597. The maximum atomic E-state index is 11.7. The highest BCUT2D eigenvalue weighted by Gasteiger charge is 2.03. The largest absolute Gasteiger partial charge is 0.484 e. The average molecular weight is 293 g/mol. The number of primary amides is 1. The number of rotatable bonds is 10. The zero-order chi connectivity index (χ0) is 15.5. The molecule has 116 valence electrons. The fraction of sp³-hybridized carbons (Fsp3) is 0.467. The first-order chi connectivity index (χ1) is 10.1. The van der Waals surface area contributed by atoms with Gasteiger partial charge in [-0.05, 0) is 43.7 Å². The number of carbonyl (C=O) groups is 2. The Hall–Kier alpha value is -2.08. The standard InChI is InChI=1S/C15H23N3O3/c16-10-4-2-1-3-5-15(20)18-12-6-8-13(9-7-12)21-11-14(17)19/h6-9H,1-5,10-11,16H2,(H2,17,19)(H,18,20). The Kier molecular flexibility index (Phi) is 7.89. The summed E-state index contributed by atoms with van der Waals surface area (Å²) in [5.41, 5.74) is 11.1. The molecule has 0 saturated carbocycles. The van der Waals surface area contributed by atoms with Crippen LogP contribution in [0.15, 0.2) is 24.3 Å². The van der Waals surface area contributed by atoms with Gasteiger partial charge in [-0.15, -0.1) is 0 Å². The Morgan fingerprint density at radius 2 is 1.71 bits per heavy atom. The molecule has 1 aromatic carbocycles. The van der Waals surface area contributed by atoms with Gasteiger partial charge in [-0.2, -0.15) is 0 Å². The molecule has 2 amide bonds. The van der Waals surface area contributed by atoms with Gasteiger partial charge in [0.05, 0.1) is 0 Å². The Labute approximate surface area is 124 Å². The molecule has 6 heteroatoms. The highest BCUT2D eigenvalue weighted by atomic mass is 16.5. The van der Waals surface area contributed by atoms with Crippen LogP contribution in [0.25, 0.3) is 0 Å². The third-order valence-corrected chi connectivity index (χ3v) is 2.88.